The normalized spacial score (nSPS) is 32.3. The van der Waals surface area contributed by atoms with Crippen molar-refractivity contribution < 1.29 is 4.74 Å². The van der Waals surface area contributed by atoms with Gasteiger partial charge in [0, 0.05) is 5.69 Å². The minimum absolute atomic E-state index is 0.0519. The van der Waals surface area contributed by atoms with Crippen molar-refractivity contribution in [3.05, 3.63) is 24.3 Å². The van der Waals surface area contributed by atoms with Crippen LogP contribution in [0.5, 0.6) is 5.75 Å². The molecule has 3 rings (SSSR count). The Hall–Kier alpha value is -1.71. The Morgan fingerprint density at radius 2 is 1.95 bits per heavy atom. The Morgan fingerprint density at radius 3 is 2.62 bits per heavy atom. The van der Waals surface area contributed by atoms with E-state index in [1.165, 1.54) is 12.8 Å². The van der Waals surface area contributed by atoms with Crippen molar-refractivity contribution in [2.45, 2.75) is 38.6 Å². The van der Waals surface area contributed by atoms with Crippen LogP contribution in [0.15, 0.2) is 29.3 Å². The molecule has 0 bridgehead atoms. The van der Waals surface area contributed by atoms with E-state index in [0.717, 1.165) is 30.3 Å². The smallest absolute Gasteiger partial charge is 0.196 e. The number of rotatable bonds is 2. The van der Waals surface area contributed by atoms with Gasteiger partial charge in [-0.3, -0.25) is 4.99 Å². The van der Waals surface area contributed by atoms with Crippen LogP contribution in [0.1, 0.15) is 33.1 Å². The SMILES string of the molecule is COc1ccc(N2C(N)=NCC23CC(C)CCC3C)cc1. The van der Waals surface area contributed by atoms with E-state index in [1.54, 1.807) is 7.11 Å². The number of hydrogen-bond acceptors (Lipinski definition) is 4. The molecule has 1 spiro atoms. The van der Waals surface area contributed by atoms with Gasteiger partial charge in [0.05, 0.1) is 19.2 Å². The number of nitrogens with zero attached hydrogens (tertiary/aromatic N) is 2. The van der Waals surface area contributed by atoms with Crippen LogP contribution in [0.3, 0.4) is 0 Å². The van der Waals surface area contributed by atoms with Crippen LogP contribution in [0, 0.1) is 11.8 Å². The summed E-state index contributed by atoms with van der Waals surface area (Å²) in [6, 6.07) is 8.15. The highest BCUT2D eigenvalue weighted by molar-refractivity contribution is 5.98. The zero-order chi connectivity index (χ0) is 15.0. The second kappa shape index (κ2) is 5.24. The highest BCUT2D eigenvalue weighted by atomic mass is 16.5. The lowest BCUT2D eigenvalue weighted by Gasteiger charge is -2.48. The molecule has 0 aromatic heterocycles. The fourth-order valence-electron chi connectivity index (χ4n) is 3.95. The largest absolute Gasteiger partial charge is 0.497 e. The van der Waals surface area contributed by atoms with Gasteiger partial charge in [0.1, 0.15) is 5.75 Å². The van der Waals surface area contributed by atoms with Crippen LogP contribution in [-0.4, -0.2) is 25.2 Å². The molecule has 114 valence electrons. The first-order valence-electron chi connectivity index (χ1n) is 7.81. The summed E-state index contributed by atoms with van der Waals surface area (Å²) in [5.74, 6) is 2.84. The predicted molar refractivity (Wildman–Crippen MR) is 86.9 cm³/mol. The Balaban J connectivity index is 1.98. The van der Waals surface area contributed by atoms with E-state index in [2.05, 4.69) is 35.9 Å². The second-order valence-corrected chi connectivity index (χ2v) is 6.60. The summed E-state index contributed by atoms with van der Waals surface area (Å²) in [7, 11) is 1.69. The summed E-state index contributed by atoms with van der Waals surface area (Å²) in [6.07, 6.45) is 3.71. The van der Waals surface area contributed by atoms with E-state index < -0.39 is 0 Å². The van der Waals surface area contributed by atoms with Gasteiger partial charge < -0.3 is 15.4 Å². The van der Waals surface area contributed by atoms with Crippen LogP contribution in [-0.2, 0) is 0 Å². The molecular weight excluding hydrogens is 262 g/mol. The van der Waals surface area contributed by atoms with Crippen LogP contribution in [0.2, 0.25) is 0 Å². The maximum atomic E-state index is 6.24. The van der Waals surface area contributed by atoms with Crippen LogP contribution in [0.4, 0.5) is 5.69 Å². The first-order chi connectivity index (χ1) is 10.1. The van der Waals surface area contributed by atoms with Gasteiger partial charge in [-0.1, -0.05) is 20.3 Å². The predicted octanol–water partition coefficient (Wildman–Crippen LogP) is 3.02. The number of anilines is 1. The second-order valence-electron chi connectivity index (χ2n) is 6.60. The molecule has 4 heteroatoms. The molecule has 1 aliphatic carbocycles. The summed E-state index contributed by atoms with van der Waals surface area (Å²) in [5.41, 5.74) is 7.41. The third-order valence-electron chi connectivity index (χ3n) is 5.23. The van der Waals surface area contributed by atoms with E-state index >= 15 is 0 Å². The zero-order valence-corrected chi connectivity index (χ0v) is 13.2. The van der Waals surface area contributed by atoms with Crippen LogP contribution < -0.4 is 15.4 Å². The van der Waals surface area contributed by atoms with Crippen LogP contribution >= 0.6 is 0 Å². The van der Waals surface area contributed by atoms with Crippen molar-refractivity contribution in [2.24, 2.45) is 22.6 Å². The van der Waals surface area contributed by atoms with Gasteiger partial charge in [-0.25, -0.2) is 0 Å². The number of methoxy groups -OCH3 is 1. The van der Waals surface area contributed by atoms with Gasteiger partial charge in [-0.05, 0) is 48.9 Å². The third-order valence-corrected chi connectivity index (χ3v) is 5.23. The Bertz CT molecular complexity index is 539. The molecule has 0 saturated heterocycles. The van der Waals surface area contributed by atoms with E-state index in [-0.39, 0.29) is 5.54 Å². The average Bonchev–Trinajstić information content (AvgIpc) is 2.81. The van der Waals surface area contributed by atoms with Gasteiger partial charge in [-0.2, -0.15) is 0 Å². The van der Waals surface area contributed by atoms with Crippen molar-refractivity contribution in [1.82, 2.24) is 0 Å². The molecule has 1 aliphatic heterocycles. The van der Waals surface area contributed by atoms with Gasteiger partial charge in [-0.15, -0.1) is 0 Å². The molecule has 2 N–H and O–H groups in total. The van der Waals surface area contributed by atoms with E-state index in [4.69, 9.17) is 10.5 Å². The number of aliphatic imine (C=N–C) groups is 1. The molecular formula is C17H25N3O. The Kier molecular flexibility index (Phi) is 3.56. The topological polar surface area (TPSA) is 50.9 Å². The quantitative estimate of drug-likeness (QED) is 0.909. The molecule has 1 fully saturated rings. The summed E-state index contributed by atoms with van der Waals surface area (Å²) in [5, 5.41) is 0. The fraction of sp³-hybridized carbons (Fsp3) is 0.588. The average molecular weight is 287 g/mol. The lowest BCUT2D eigenvalue weighted by Crippen LogP contribution is -2.58. The molecule has 3 atom stereocenters. The summed E-state index contributed by atoms with van der Waals surface area (Å²) >= 11 is 0. The van der Waals surface area contributed by atoms with Crippen LogP contribution in [0.25, 0.3) is 0 Å². The van der Waals surface area contributed by atoms with Gasteiger partial charge >= 0.3 is 0 Å². The summed E-state index contributed by atoms with van der Waals surface area (Å²) in [6.45, 7) is 5.50. The maximum absolute atomic E-state index is 6.24. The minimum atomic E-state index is 0.0519. The molecule has 0 radical (unpaired) electrons. The number of guanidine groups is 1. The summed E-state index contributed by atoms with van der Waals surface area (Å²) < 4.78 is 5.25. The highest BCUT2D eigenvalue weighted by Gasteiger charge is 2.49. The first kappa shape index (κ1) is 14.2. The highest BCUT2D eigenvalue weighted by Crippen LogP contribution is 2.45. The number of hydrogen-bond donors (Lipinski definition) is 1. The van der Waals surface area contributed by atoms with Crippen molar-refractivity contribution in [2.75, 3.05) is 18.6 Å². The zero-order valence-electron chi connectivity index (χ0n) is 13.2. The molecule has 0 amide bonds. The third kappa shape index (κ3) is 2.27. The molecule has 4 nitrogen and oxygen atoms in total. The molecule has 1 heterocycles. The lowest BCUT2D eigenvalue weighted by atomic mass is 9.69. The molecule has 2 aliphatic rings. The van der Waals surface area contributed by atoms with Crippen molar-refractivity contribution >= 4 is 11.6 Å². The van der Waals surface area contributed by atoms with E-state index in [0.29, 0.717) is 11.9 Å². The monoisotopic (exact) mass is 287 g/mol. The number of nitrogens with two attached hydrogens (primary N) is 1. The van der Waals surface area contributed by atoms with Crippen molar-refractivity contribution in [3.8, 4) is 5.75 Å². The van der Waals surface area contributed by atoms with Gasteiger partial charge in [0.2, 0.25) is 0 Å². The molecule has 21 heavy (non-hydrogen) atoms. The minimum Gasteiger partial charge on any atom is -0.497 e. The van der Waals surface area contributed by atoms with E-state index in [9.17, 15) is 0 Å². The van der Waals surface area contributed by atoms with Gasteiger partial charge in [0.15, 0.2) is 5.96 Å². The van der Waals surface area contributed by atoms with E-state index in [1.807, 2.05) is 12.1 Å². The maximum Gasteiger partial charge on any atom is 0.196 e. The standard InChI is InChI=1S/C17H25N3O/c1-12-4-5-13(2)17(10-12)11-19-16(18)20(17)14-6-8-15(21-3)9-7-14/h6-9,12-13H,4-5,10-11H2,1-3H3,(H2,18,19). The number of ether oxygens (including phenoxy) is 1. The molecule has 1 aromatic carbocycles. The molecule has 1 aromatic rings. The first-order valence-corrected chi connectivity index (χ1v) is 7.81. The fourth-order valence-corrected chi connectivity index (χ4v) is 3.95. The molecule has 3 unspecified atom stereocenters. The van der Waals surface area contributed by atoms with Crippen molar-refractivity contribution in [1.29, 1.82) is 0 Å². The Morgan fingerprint density at radius 1 is 1.24 bits per heavy atom. The van der Waals surface area contributed by atoms with Crippen molar-refractivity contribution in [3.63, 3.8) is 0 Å². The molecule has 1 saturated carbocycles. The number of benzene rings is 1. The summed E-state index contributed by atoms with van der Waals surface area (Å²) in [4.78, 5) is 6.86. The Labute approximate surface area is 127 Å². The lowest BCUT2D eigenvalue weighted by molar-refractivity contribution is 0.178. The van der Waals surface area contributed by atoms with Gasteiger partial charge in [0.25, 0.3) is 0 Å².